The Balaban J connectivity index is 2.95. The summed E-state index contributed by atoms with van der Waals surface area (Å²) in [5.74, 6) is 0.347. The fourth-order valence-electron chi connectivity index (χ4n) is 1.30. The average molecular weight is 270 g/mol. The van der Waals surface area contributed by atoms with Crippen LogP contribution in [0.3, 0.4) is 0 Å². The van der Waals surface area contributed by atoms with E-state index in [1.165, 1.54) is 25.3 Å². The van der Waals surface area contributed by atoms with E-state index in [2.05, 4.69) is 4.72 Å². The van der Waals surface area contributed by atoms with Crippen LogP contribution >= 0.6 is 0 Å². The number of sulfonamides is 1. The molecule has 0 heterocycles. The summed E-state index contributed by atoms with van der Waals surface area (Å²) in [5.41, 5.74) is 7.09. The minimum Gasteiger partial charge on any atom is -0.495 e. The molecule has 0 saturated heterocycles. The number of hydrogen-bond acceptors (Lipinski definition) is 4. The second-order valence-corrected chi connectivity index (χ2v) is 5.80. The van der Waals surface area contributed by atoms with Gasteiger partial charge in [0, 0.05) is 12.6 Å². The fourth-order valence-corrected chi connectivity index (χ4v) is 2.28. The van der Waals surface area contributed by atoms with Gasteiger partial charge in [-0.25, -0.2) is 13.1 Å². The van der Waals surface area contributed by atoms with Crippen molar-refractivity contribution in [2.24, 2.45) is 0 Å². The van der Waals surface area contributed by atoms with Gasteiger partial charge < -0.3 is 10.5 Å². The van der Waals surface area contributed by atoms with Crippen LogP contribution in [0.25, 0.3) is 0 Å². The lowest BCUT2D eigenvalue weighted by atomic mass is 10.3. The minimum absolute atomic E-state index is 0.135. The molecule has 0 amide bonds. The molecule has 0 aliphatic heterocycles. The number of methoxy groups -OCH3 is 1. The van der Waals surface area contributed by atoms with E-state index in [-0.39, 0.29) is 11.4 Å². The lowest BCUT2D eigenvalue weighted by Crippen LogP contribution is -2.24. The normalized spacial score (nSPS) is 11.1. The molecule has 0 radical (unpaired) electrons. The van der Waals surface area contributed by atoms with Crippen LogP contribution in [0.1, 0.15) is 13.8 Å². The van der Waals surface area contributed by atoms with Crippen LogP contribution in [0.15, 0.2) is 34.7 Å². The molecule has 0 atom stereocenters. The van der Waals surface area contributed by atoms with Crippen molar-refractivity contribution in [3.05, 3.63) is 29.8 Å². The van der Waals surface area contributed by atoms with Crippen LogP contribution in [-0.2, 0) is 10.0 Å². The summed E-state index contributed by atoms with van der Waals surface area (Å²) in [7, 11) is -2.09. The summed E-state index contributed by atoms with van der Waals surface area (Å²) < 4.78 is 31.4. The Morgan fingerprint density at radius 3 is 2.67 bits per heavy atom. The molecule has 0 fully saturated rings. The molecule has 6 heteroatoms. The molecule has 1 rings (SSSR count). The van der Waals surface area contributed by atoms with Crippen molar-refractivity contribution in [3.8, 4) is 5.75 Å². The molecule has 0 unspecified atom stereocenters. The minimum atomic E-state index is -3.54. The first-order valence-electron chi connectivity index (χ1n) is 5.43. The second-order valence-electron chi connectivity index (χ2n) is 4.04. The Hall–Kier alpha value is -1.53. The molecule has 5 nitrogen and oxygen atoms in total. The zero-order valence-corrected chi connectivity index (χ0v) is 11.5. The Bertz CT molecular complexity index is 546. The van der Waals surface area contributed by atoms with Gasteiger partial charge in [-0.15, -0.1) is 0 Å². The molecule has 0 saturated carbocycles. The smallest absolute Gasteiger partial charge is 0.240 e. The van der Waals surface area contributed by atoms with Crippen LogP contribution in [0.4, 0.5) is 5.69 Å². The van der Waals surface area contributed by atoms with Crippen molar-refractivity contribution in [1.82, 2.24) is 4.72 Å². The summed E-state index contributed by atoms with van der Waals surface area (Å²) in [5, 5.41) is 0. The lowest BCUT2D eigenvalue weighted by Gasteiger charge is -2.08. The summed E-state index contributed by atoms with van der Waals surface area (Å²) in [6, 6.07) is 4.36. The van der Waals surface area contributed by atoms with Crippen molar-refractivity contribution in [2.75, 3.05) is 19.4 Å². The maximum Gasteiger partial charge on any atom is 0.240 e. The predicted molar refractivity (Wildman–Crippen MR) is 72.0 cm³/mol. The van der Waals surface area contributed by atoms with Gasteiger partial charge in [0.05, 0.1) is 17.7 Å². The highest BCUT2D eigenvalue weighted by molar-refractivity contribution is 7.89. The number of hydrogen-bond donors (Lipinski definition) is 2. The summed E-state index contributed by atoms with van der Waals surface area (Å²) in [4.78, 5) is 0.135. The number of rotatable bonds is 5. The first kappa shape index (κ1) is 14.5. The molecule has 1 aromatic rings. The molecule has 0 aliphatic rings. The number of nitrogens with two attached hydrogens (primary N) is 1. The standard InChI is InChI=1S/C12H18N2O3S/c1-9(2)6-7-14-18(15,16)10-4-5-11(13)12(8-10)17-3/h4-6,8,14H,7,13H2,1-3H3. The van der Waals surface area contributed by atoms with E-state index in [1.54, 1.807) is 6.08 Å². The zero-order chi connectivity index (χ0) is 13.8. The van der Waals surface area contributed by atoms with Crippen molar-refractivity contribution in [1.29, 1.82) is 0 Å². The largest absolute Gasteiger partial charge is 0.495 e. The zero-order valence-electron chi connectivity index (χ0n) is 10.7. The van der Waals surface area contributed by atoms with Crippen molar-refractivity contribution >= 4 is 15.7 Å². The van der Waals surface area contributed by atoms with Gasteiger partial charge in [-0.05, 0) is 26.0 Å². The Labute approximate surface area is 108 Å². The van der Waals surface area contributed by atoms with E-state index < -0.39 is 10.0 Å². The molecule has 18 heavy (non-hydrogen) atoms. The van der Waals surface area contributed by atoms with Gasteiger partial charge in [-0.1, -0.05) is 11.6 Å². The van der Waals surface area contributed by atoms with Crippen LogP contribution in [0.2, 0.25) is 0 Å². The van der Waals surface area contributed by atoms with E-state index >= 15 is 0 Å². The van der Waals surface area contributed by atoms with E-state index in [0.29, 0.717) is 11.4 Å². The summed E-state index contributed by atoms with van der Waals surface area (Å²) >= 11 is 0. The van der Waals surface area contributed by atoms with Crippen LogP contribution in [-0.4, -0.2) is 22.1 Å². The second kappa shape index (κ2) is 5.88. The van der Waals surface area contributed by atoms with Gasteiger partial charge in [0.25, 0.3) is 0 Å². The van der Waals surface area contributed by atoms with Crippen molar-refractivity contribution in [3.63, 3.8) is 0 Å². The topological polar surface area (TPSA) is 81.4 Å². The van der Waals surface area contributed by atoms with Gasteiger partial charge in [-0.2, -0.15) is 0 Å². The molecule has 0 bridgehead atoms. The highest BCUT2D eigenvalue weighted by atomic mass is 32.2. The molecule has 1 aromatic carbocycles. The number of nitrogen functional groups attached to an aromatic ring is 1. The maximum absolute atomic E-state index is 12.0. The van der Waals surface area contributed by atoms with Crippen LogP contribution in [0.5, 0.6) is 5.75 Å². The molecule has 0 aromatic heterocycles. The number of benzene rings is 1. The van der Waals surface area contributed by atoms with Crippen LogP contribution in [0, 0.1) is 0 Å². The lowest BCUT2D eigenvalue weighted by molar-refractivity contribution is 0.415. The monoisotopic (exact) mass is 270 g/mol. The molecular formula is C12H18N2O3S. The summed E-state index contributed by atoms with van der Waals surface area (Å²) in [6.45, 7) is 4.07. The number of allylic oxidation sites excluding steroid dienone is 1. The molecule has 3 N–H and O–H groups in total. The Morgan fingerprint density at radius 1 is 1.44 bits per heavy atom. The van der Waals surface area contributed by atoms with E-state index in [4.69, 9.17) is 10.5 Å². The van der Waals surface area contributed by atoms with Gasteiger partial charge in [-0.3, -0.25) is 0 Å². The molecule has 0 spiro atoms. The third-order valence-corrected chi connectivity index (χ3v) is 3.72. The third-order valence-electron chi connectivity index (χ3n) is 2.30. The highest BCUT2D eigenvalue weighted by Gasteiger charge is 2.14. The van der Waals surface area contributed by atoms with Gasteiger partial charge in [0.1, 0.15) is 5.75 Å². The van der Waals surface area contributed by atoms with Gasteiger partial charge >= 0.3 is 0 Å². The van der Waals surface area contributed by atoms with Crippen molar-refractivity contribution in [2.45, 2.75) is 18.7 Å². The Morgan fingerprint density at radius 2 is 2.11 bits per heavy atom. The number of nitrogens with one attached hydrogen (secondary N) is 1. The SMILES string of the molecule is COc1cc(S(=O)(=O)NCC=C(C)C)ccc1N. The number of ether oxygens (including phenoxy) is 1. The molecule has 100 valence electrons. The van der Waals surface area contributed by atoms with Crippen molar-refractivity contribution < 1.29 is 13.2 Å². The molecule has 0 aliphatic carbocycles. The van der Waals surface area contributed by atoms with E-state index in [0.717, 1.165) is 5.57 Å². The fraction of sp³-hybridized carbons (Fsp3) is 0.333. The first-order chi connectivity index (χ1) is 8.36. The first-order valence-corrected chi connectivity index (χ1v) is 6.91. The van der Waals surface area contributed by atoms with E-state index in [9.17, 15) is 8.42 Å². The number of anilines is 1. The molecular weight excluding hydrogens is 252 g/mol. The highest BCUT2D eigenvalue weighted by Crippen LogP contribution is 2.24. The van der Waals surface area contributed by atoms with Gasteiger partial charge in [0.15, 0.2) is 0 Å². The average Bonchev–Trinajstić information content (AvgIpc) is 2.28. The predicted octanol–water partition coefficient (Wildman–Crippen LogP) is 1.52. The Kier molecular flexibility index (Phi) is 4.75. The van der Waals surface area contributed by atoms with Crippen LogP contribution < -0.4 is 15.2 Å². The maximum atomic E-state index is 12.0. The van der Waals surface area contributed by atoms with Gasteiger partial charge in [0.2, 0.25) is 10.0 Å². The summed E-state index contributed by atoms with van der Waals surface area (Å²) in [6.07, 6.45) is 1.80. The third kappa shape index (κ3) is 3.75. The quantitative estimate of drug-likeness (QED) is 0.628. The van der Waals surface area contributed by atoms with E-state index in [1.807, 2.05) is 13.8 Å².